The molecular formula is C12H18N2O. The number of hydrogen-bond donors (Lipinski definition) is 2. The highest BCUT2D eigenvalue weighted by Crippen LogP contribution is 2.06. The molecular weight excluding hydrogens is 188 g/mol. The van der Waals surface area contributed by atoms with Gasteiger partial charge in [-0.3, -0.25) is 4.79 Å². The van der Waals surface area contributed by atoms with E-state index in [2.05, 4.69) is 5.32 Å². The van der Waals surface area contributed by atoms with Gasteiger partial charge in [0, 0.05) is 13.0 Å². The predicted octanol–water partition coefficient (Wildman–Crippen LogP) is 1.35. The minimum absolute atomic E-state index is 0.0729. The van der Waals surface area contributed by atoms with Crippen molar-refractivity contribution in [3.05, 3.63) is 35.4 Å². The van der Waals surface area contributed by atoms with E-state index in [-0.39, 0.29) is 5.91 Å². The summed E-state index contributed by atoms with van der Waals surface area (Å²) >= 11 is 0. The van der Waals surface area contributed by atoms with Gasteiger partial charge in [-0.05, 0) is 31.0 Å². The third kappa shape index (κ3) is 4.13. The zero-order chi connectivity index (χ0) is 11.1. The van der Waals surface area contributed by atoms with Crippen LogP contribution in [0.3, 0.4) is 0 Å². The van der Waals surface area contributed by atoms with Gasteiger partial charge in [-0.2, -0.15) is 0 Å². The van der Waals surface area contributed by atoms with Gasteiger partial charge < -0.3 is 11.1 Å². The number of rotatable bonds is 5. The van der Waals surface area contributed by atoms with Crippen molar-refractivity contribution in [2.45, 2.75) is 26.3 Å². The van der Waals surface area contributed by atoms with E-state index in [1.807, 2.05) is 31.2 Å². The van der Waals surface area contributed by atoms with Gasteiger partial charge in [-0.15, -0.1) is 0 Å². The molecule has 0 fully saturated rings. The number of benzene rings is 1. The van der Waals surface area contributed by atoms with Crippen molar-refractivity contribution >= 4 is 5.91 Å². The maximum atomic E-state index is 11.3. The second kappa shape index (κ2) is 6.19. The summed E-state index contributed by atoms with van der Waals surface area (Å²) in [4.78, 5) is 11.3. The first kappa shape index (κ1) is 11.7. The van der Waals surface area contributed by atoms with E-state index in [1.54, 1.807) is 0 Å². The van der Waals surface area contributed by atoms with E-state index >= 15 is 0 Å². The maximum absolute atomic E-state index is 11.3. The van der Waals surface area contributed by atoms with Gasteiger partial charge in [0.25, 0.3) is 0 Å². The molecule has 0 saturated carbocycles. The normalized spacial score (nSPS) is 10.0. The Morgan fingerprint density at radius 1 is 1.40 bits per heavy atom. The van der Waals surface area contributed by atoms with Gasteiger partial charge in [0.05, 0.1) is 0 Å². The molecule has 0 heterocycles. The van der Waals surface area contributed by atoms with E-state index in [0.717, 1.165) is 6.42 Å². The molecule has 1 rings (SSSR count). The highest BCUT2D eigenvalue weighted by Gasteiger charge is 2.01. The molecule has 0 aliphatic carbocycles. The number of hydrogen-bond acceptors (Lipinski definition) is 2. The molecule has 1 amide bonds. The zero-order valence-electron chi connectivity index (χ0n) is 9.12. The Morgan fingerprint density at radius 2 is 2.13 bits per heavy atom. The number of carbonyl (C=O) groups excluding carboxylic acids is 1. The van der Waals surface area contributed by atoms with Crippen LogP contribution in [0.2, 0.25) is 0 Å². The molecule has 0 spiro atoms. The van der Waals surface area contributed by atoms with Gasteiger partial charge >= 0.3 is 0 Å². The van der Waals surface area contributed by atoms with Crippen LogP contribution in [0.4, 0.5) is 0 Å². The van der Waals surface area contributed by atoms with Crippen molar-refractivity contribution in [2.24, 2.45) is 5.73 Å². The molecule has 0 unspecified atom stereocenters. The van der Waals surface area contributed by atoms with Crippen LogP contribution in [0.1, 0.15) is 24.0 Å². The number of nitrogens with one attached hydrogen (secondary N) is 1. The molecule has 1 aromatic carbocycles. The molecule has 0 saturated heterocycles. The fourth-order valence-corrected chi connectivity index (χ4v) is 1.35. The fraction of sp³-hybridized carbons (Fsp3) is 0.417. The van der Waals surface area contributed by atoms with Crippen molar-refractivity contribution in [3.8, 4) is 0 Å². The second-order valence-corrected chi connectivity index (χ2v) is 3.60. The average Bonchev–Trinajstić information content (AvgIpc) is 2.25. The molecule has 0 atom stereocenters. The molecule has 3 heteroatoms. The maximum Gasteiger partial charge on any atom is 0.220 e. The van der Waals surface area contributed by atoms with E-state index in [1.165, 1.54) is 11.1 Å². The van der Waals surface area contributed by atoms with Crippen LogP contribution in [0.15, 0.2) is 24.3 Å². The smallest absolute Gasteiger partial charge is 0.220 e. The third-order valence-corrected chi connectivity index (χ3v) is 2.35. The SMILES string of the molecule is Cc1ccccc1CNC(=O)CCCN. The average molecular weight is 206 g/mol. The molecule has 0 radical (unpaired) electrons. The topological polar surface area (TPSA) is 55.1 Å². The molecule has 0 bridgehead atoms. The summed E-state index contributed by atoms with van der Waals surface area (Å²) in [5.41, 5.74) is 7.70. The molecule has 3 nitrogen and oxygen atoms in total. The van der Waals surface area contributed by atoms with E-state index < -0.39 is 0 Å². The first-order valence-corrected chi connectivity index (χ1v) is 5.25. The first-order valence-electron chi connectivity index (χ1n) is 5.25. The van der Waals surface area contributed by atoms with Crippen molar-refractivity contribution in [1.29, 1.82) is 0 Å². The highest BCUT2D eigenvalue weighted by atomic mass is 16.1. The van der Waals surface area contributed by atoms with Gasteiger partial charge in [-0.25, -0.2) is 0 Å². The van der Waals surface area contributed by atoms with Crippen LogP contribution in [-0.2, 0) is 11.3 Å². The molecule has 1 aromatic rings. The van der Waals surface area contributed by atoms with E-state index in [4.69, 9.17) is 5.73 Å². The number of amides is 1. The Labute approximate surface area is 90.7 Å². The standard InChI is InChI=1S/C12H18N2O/c1-10-5-2-3-6-11(10)9-14-12(15)7-4-8-13/h2-3,5-6H,4,7-9,13H2,1H3,(H,14,15). The molecule has 0 aliphatic heterocycles. The molecule has 0 aliphatic rings. The first-order chi connectivity index (χ1) is 7.24. The Balaban J connectivity index is 2.37. The van der Waals surface area contributed by atoms with Gasteiger partial charge in [0.2, 0.25) is 5.91 Å². The van der Waals surface area contributed by atoms with Crippen LogP contribution in [0, 0.1) is 6.92 Å². The number of nitrogens with two attached hydrogens (primary N) is 1. The lowest BCUT2D eigenvalue weighted by molar-refractivity contribution is -0.121. The second-order valence-electron chi connectivity index (χ2n) is 3.60. The van der Waals surface area contributed by atoms with Crippen LogP contribution >= 0.6 is 0 Å². The summed E-state index contributed by atoms with van der Waals surface area (Å²) in [6.45, 7) is 3.22. The van der Waals surface area contributed by atoms with Gasteiger partial charge in [-0.1, -0.05) is 24.3 Å². The Hall–Kier alpha value is -1.35. The van der Waals surface area contributed by atoms with Crippen molar-refractivity contribution < 1.29 is 4.79 Å². The summed E-state index contributed by atoms with van der Waals surface area (Å²) in [5.74, 6) is 0.0729. The summed E-state index contributed by atoms with van der Waals surface area (Å²) in [5, 5.41) is 2.88. The summed E-state index contributed by atoms with van der Waals surface area (Å²) in [6, 6.07) is 8.05. The molecule has 0 aromatic heterocycles. The van der Waals surface area contributed by atoms with Gasteiger partial charge in [0.1, 0.15) is 0 Å². The minimum atomic E-state index is 0.0729. The Bertz CT molecular complexity index is 323. The van der Waals surface area contributed by atoms with Crippen molar-refractivity contribution in [3.63, 3.8) is 0 Å². The fourth-order valence-electron chi connectivity index (χ4n) is 1.35. The minimum Gasteiger partial charge on any atom is -0.352 e. The molecule has 3 N–H and O–H groups in total. The van der Waals surface area contributed by atoms with Crippen molar-refractivity contribution in [1.82, 2.24) is 5.32 Å². The third-order valence-electron chi connectivity index (χ3n) is 2.35. The lowest BCUT2D eigenvalue weighted by Gasteiger charge is -2.07. The number of aryl methyl sites for hydroxylation is 1. The summed E-state index contributed by atoms with van der Waals surface area (Å²) in [7, 11) is 0. The summed E-state index contributed by atoms with van der Waals surface area (Å²) < 4.78 is 0. The number of carbonyl (C=O) groups is 1. The van der Waals surface area contributed by atoms with Crippen molar-refractivity contribution in [2.75, 3.05) is 6.54 Å². The highest BCUT2D eigenvalue weighted by molar-refractivity contribution is 5.75. The Kier molecular flexibility index (Phi) is 4.84. The van der Waals surface area contributed by atoms with Crippen LogP contribution in [0.5, 0.6) is 0 Å². The van der Waals surface area contributed by atoms with E-state index in [9.17, 15) is 4.79 Å². The zero-order valence-corrected chi connectivity index (χ0v) is 9.12. The quantitative estimate of drug-likeness (QED) is 0.764. The predicted molar refractivity (Wildman–Crippen MR) is 61.3 cm³/mol. The lowest BCUT2D eigenvalue weighted by Crippen LogP contribution is -2.23. The van der Waals surface area contributed by atoms with E-state index in [0.29, 0.717) is 19.5 Å². The lowest BCUT2D eigenvalue weighted by atomic mass is 10.1. The summed E-state index contributed by atoms with van der Waals surface area (Å²) in [6.07, 6.45) is 1.27. The molecule has 82 valence electrons. The van der Waals surface area contributed by atoms with Crippen LogP contribution < -0.4 is 11.1 Å². The largest absolute Gasteiger partial charge is 0.352 e. The van der Waals surface area contributed by atoms with Crippen LogP contribution in [0.25, 0.3) is 0 Å². The Morgan fingerprint density at radius 3 is 2.80 bits per heavy atom. The molecule has 15 heavy (non-hydrogen) atoms. The monoisotopic (exact) mass is 206 g/mol. The van der Waals surface area contributed by atoms with Gasteiger partial charge in [0.15, 0.2) is 0 Å². The van der Waals surface area contributed by atoms with Crippen LogP contribution in [-0.4, -0.2) is 12.5 Å².